The predicted molar refractivity (Wildman–Crippen MR) is 70.0 cm³/mol. The van der Waals surface area contributed by atoms with Crippen molar-refractivity contribution in [2.75, 3.05) is 33.3 Å². The number of halogens is 2. The zero-order chi connectivity index (χ0) is 13.8. The molecule has 0 aromatic heterocycles. The Morgan fingerprint density at radius 2 is 2.05 bits per heavy atom. The van der Waals surface area contributed by atoms with Crippen LogP contribution in [0.2, 0.25) is 0 Å². The average molecular weight is 270 g/mol. The lowest BCUT2D eigenvalue weighted by Gasteiger charge is -2.31. The molecular formula is C14H20F2N2O. The van der Waals surface area contributed by atoms with Crippen molar-refractivity contribution in [2.45, 2.75) is 19.1 Å². The van der Waals surface area contributed by atoms with E-state index < -0.39 is 11.6 Å². The molecule has 19 heavy (non-hydrogen) atoms. The van der Waals surface area contributed by atoms with Crippen molar-refractivity contribution in [1.29, 1.82) is 0 Å². The normalized spacial score (nSPS) is 22.4. The summed E-state index contributed by atoms with van der Waals surface area (Å²) in [5, 5.41) is 3.26. The third kappa shape index (κ3) is 4.23. The Bertz CT molecular complexity index is 408. The van der Waals surface area contributed by atoms with Gasteiger partial charge in [0.15, 0.2) is 0 Å². The van der Waals surface area contributed by atoms with E-state index in [1.54, 1.807) is 0 Å². The highest BCUT2D eigenvalue weighted by Gasteiger charge is 2.18. The number of nitrogens with zero attached hydrogens (tertiary/aromatic N) is 1. The summed E-state index contributed by atoms with van der Waals surface area (Å²) in [6, 6.07) is 3.49. The lowest BCUT2D eigenvalue weighted by Crippen LogP contribution is -2.45. The first-order chi connectivity index (χ1) is 9.04. The molecule has 1 aliphatic rings. The van der Waals surface area contributed by atoms with Crippen LogP contribution in [-0.2, 0) is 4.74 Å². The Labute approximate surface area is 112 Å². The molecule has 3 nitrogen and oxygen atoms in total. The molecule has 1 heterocycles. The number of ether oxygens (including phenoxy) is 1. The van der Waals surface area contributed by atoms with Gasteiger partial charge in [-0.05, 0) is 31.7 Å². The maximum atomic E-state index is 13.1. The van der Waals surface area contributed by atoms with Crippen LogP contribution in [-0.4, -0.2) is 44.3 Å². The number of likely N-dealkylation sites (N-methyl/N-ethyl adjacent to an activating group) is 1. The van der Waals surface area contributed by atoms with E-state index in [9.17, 15) is 8.78 Å². The Hall–Kier alpha value is -1.04. The largest absolute Gasteiger partial charge is 0.374 e. The van der Waals surface area contributed by atoms with Gasteiger partial charge in [-0.15, -0.1) is 0 Å². The molecule has 0 aliphatic carbocycles. The van der Waals surface area contributed by atoms with E-state index in [1.165, 1.54) is 12.1 Å². The standard InChI is InChI=1S/C14H20F2N2O/c1-10(11-5-12(15)7-13(16)6-11)17-8-14-9-18(2)3-4-19-14/h5-7,10,14,17H,3-4,8-9H2,1-2H3. The van der Waals surface area contributed by atoms with Crippen molar-refractivity contribution >= 4 is 0 Å². The molecule has 1 fully saturated rings. The van der Waals surface area contributed by atoms with Crippen LogP contribution >= 0.6 is 0 Å². The number of rotatable bonds is 4. The summed E-state index contributed by atoms with van der Waals surface area (Å²) >= 11 is 0. The fraction of sp³-hybridized carbons (Fsp3) is 0.571. The fourth-order valence-electron chi connectivity index (χ4n) is 2.24. The molecule has 2 atom stereocenters. The van der Waals surface area contributed by atoms with Gasteiger partial charge in [0.25, 0.3) is 0 Å². The van der Waals surface area contributed by atoms with Crippen LogP contribution in [0.3, 0.4) is 0 Å². The van der Waals surface area contributed by atoms with E-state index in [0.717, 1.165) is 25.8 Å². The van der Waals surface area contributed by atoms with E-state index in [1.807, 2.05) is 6.92 Å². The lowest BCUT2D eigenvalue weighted by molar-refractivity contribution is -0.0190. The van der Waals surface area contributed by atoms with Crippen LogP contribution in [0.5, 0.6) is 0 Å². The summed E-state index contributed by atoms with van der Waals surface area (Å²) in [4.78, 5) is 2.21. The summed E-state index contributed by atoms with van der Waals surface area (Å²) in [6.07, 6.45) is 0.125. The van der Waals surface area contributed by atoms with Gasteiger partial charge < -0.3 is 15.0 Å². The first kappa shape index (κ1) is 14.4. The minimum atomic E-state index is -0.544. The lowest BCUT2D eigenvalue weighted by atomic mass is 10.1. The molecule has 1 aromatic rings. The fourth-order valence-corrected chi connectivity index (χ4v) is 2.24. The molecule has 0 saturated carbocycles. The summed E-state index contributed by atoms with van der Waals surface area (Å²) in [7, 11) is 2.06. The molecular weight excluding hydrogens is 250 g/mol. The van der Waals surface area contributed by atoms with E-state index in [0.29, 0.717) is 12.1 Å². The van der Waals surface area contributed by atoms with Gasteiger partial charge in [0.1, 0.15) is 11.6 Å². The average Bonchev–Trinajstić information content (AvgIpc) is 2.35. The highest BCUT2D eigenvalue weighted by atomic mass is 19.1. The second-order valence-electron chi connectivity index (χ2n) is 5.09. The van der Waals surface area contributed by atoms with Gasteiger partial charge in [-0.2, -0.15) is 0 Å². The molecule has 1 aromatic carbocycles. The number of benzene rings is 1. The monoisotopic (exact) mass is 270 g/mol. The Kier molecular flexibility index (Phi) is 4.85. The van der Waals surface area contributed by atoms with Crippen molar-refractivity contribution in [3.05, 3.63) is 35.4 Å². The quantitative estimate of drug-likeness (QED) is 0.905. The van der Waals surface area contributed by atoms with E-state index in [-0.39, 0.29) is 12.1 Å². The van der Waals surface area contributed by atoms with Gasteiger partial charge in [0.05, 0.1) is 12.7 Å². The summed E-state index contributed by atoms with van der Waals surface area (Å²) in [5.41, 5.74) is 0.613. The van der Waals surface area contributed by atoms with Gasteiger partial charge >= 0.3 is 0 Å². The van der Waals surface area contributed by atoms with Gasteiger partial charge in [-0.25, -0.2) is 8.78 Å². The minimum absolute atomic E-state index is 0.110. The van der Waals surface area contributed by atoms with Crippen molar-refractivity contribution in [1.82, 2.24) is 10.2 Å². The summed E-state index contributed by atoms with van der Waals surface area (Å²) in [6.45, 7) is 5.11. The topological polar surface area (TPSA) is 24.5 Å². The van der Waals surface area contributed by atoms with Gasteiger partial charge in [-0.1, -0.05) is 0 Å². The van der Waals surface area contributed by atoms with Crippen molar-refractivity contribution in [2.24, 2.45) is 0 Å². The molecule has 2 rings (SSSR count). The van der Waals surface area contributed by atoms with Crippen LogP contribution < -0.4 is 5.32 Å². The third-order valence-electron chi connectivity index (χ3n) is 3.38. The Morgan fingerprint density at radius 1 is 1.37 bits per heavy atom. The Balaban J connectivity index is 1.88. The number of hydrogen-bond acceptors (Lipinski definition) is 3. The molecule has 0 bridgehead atoms. The van der Waals surface area contributed by atoms with Gasteiger partial charge in [-0.3, -0.25) is 0 Å². The molecule has 0 amide bonds. The van der Waals surface area contributed by atoms with Crippen molar-refractivity contribution in [3.63, 3.8) is 0 Å². The van der Waals surface area contributed by atoms with Crippen LogP contribution in [0.25, 0.3) is 0 Å². The van der Waals surface area contributed by atoms with Crippen molar-refractivity contribution < 1.29 is 13.5 Å². The minimum Gasteiger partial charge on any atom is -0.374 e. The zero-order valence-corrected chi connectivity index (χ0v) is 11.3. The SMILES string of the molecule is CC(NCC1CN(C)CCO1)c1cc(F)cc(F)c1. The first-order valence-corrected chi connectivity index (χ1v) is 6.54. The van der Waals surface area contributed by atoms with Crippen LogP contribution in [0.4, 0.5) is 8.78 Å². The number of nitrogens with one attached hydrogen (secondary N) is 1. The molecule has 0 radical (unpaired) electrons. The molecule has 0 spiro atoms. The summed E-state index contributed by atoms with van der Waals surface area (Å²) < 4.78 is 31.9. The predicted octanol–water partition coefficient (Wildman–Crippen LogP) is 1.95. The smallest absolute Gasteiger partial charge is 0.126 e. The number of hydrogen-bond donors (Lipinski definition) is 1. The van der Waals surface area contributed by atoms with Gasteiger partial charge in [0, 0.05) is 31.7 Å². The van der Waals surface area contributed by atoms with Crippen LogP contribution in [0, 0.1) is 11.6 Å². The molecule has 1 aliphatic heterocycles. The van der Waals surface area contributed by atoms with Gasteiger partial charge in [0.2, 0.25) is 0 Å². The molecule has 106 valence electrons. The second kappa shape index (κ2) is 6.41. The number of morpholine rings is 1. The van der Waals surface area contributed by atoms with Crippen molar-refractivity contribution in [3.8, 4) is 0 Å². The maximum Gasteiger partial charge on any atom is 0.126 e. The third-order valence-corrected chi connectivity index (χ3v) is 3.38. The molecule has 5 heteroatoms. The summed E-state index contributed by atoms with van der Waals surface area (Å²) in [5.74, 6) is -1.09. The zero-order valence-electron chi connectivity index (χ0n) is 11.3. The molecule has 2 unspecified atom stereocenters. The highest BCUT2D eigenvalue weighted by molar-refractivity contribution is 5.20. The first-order valence-electron chi connectivity index (χ1n) is 6.54. The van der Waals surface area contributed by atoms with E-state index in [4.69, 9.17) is 4.74 Å². The molecule has 1 N–H and O–H groups in total. The Morgan fingerprint density at radius 3 is 2.68 bits per heavy atom. The van der Waals surface area contributed by atoms with E-state index in [2.05, 4.69) is 17.3 Å². The van der Waals surface area contributed by atoms with E-state index >= 15 is 0 Å². The highest BCUT2D eigenvalue weighted by Crippen LogP contribution is 2.16. The second-order valence-corrected chi connectivity index (χ2v) is 5.09. The molecule has 1 saturated heterocycles. The maximum absolute atomic E-state index is 13.1. The van der Waals surface area contributed by atoms with Crippen LogP contribution in [0.1, 0.15) is 18.5 Å². The van der Waals surface area contributed by atoms with Crippen LogP contribution in [0.15, 0.2) is 18.2 Å².